The maximum Gasteiger partial charge on any atom is 0.421 e. The summed E-state index contributed by atoms with van der Waals surface area (Å²) < 4.78 is 62.8. The van der Waals surface area contributed by atoms with E-state index in [2.05, 4.69) is 102 Å². The Hall–Kier alpha value is -15.5. The normalized spacial score (nSPS) is 15.0. The number of carbonyl (C=O) groups is 2. The molecule has 2 amide bonds. The van der Waals surface area contributed by atoms with E-state index in [1.165, 1.54) is 18.9 Å². The highest BCUT2D eigenvalue weighted by molar-refractivity contribution is 6.37. The lowest BCUT2D eigenvalue weighted by Gasteiger charge is -2.23. The number of anilines is 8. The molecule has 5 fully saturated rings. The maximum absolute atomic E-state index is 14.0. The molecule has 37 nitrogen and oxygen atoms in total. The number of carbonyl (C=O) groups excluding carboxylic acids is 2. The van der Waals surface area contributed by atoms with Crippen LogP contribution < -0.4 is 82.6 Å². The molecule has 12 aromatic heterocycles. The Morgan fingerprint density at radius 1 is 0.413 bits per heavy atom. The number of nitrogens with zero attached hydrogens (tertiary/aromatic N) is 18. The summed E-state index contributed by atoms with van der Waals surface area (Å²) in [6, 6.07) is 37.2. The van der Waals surface area contributed by atoms with Gasteiger partial charge in [0.05, 0.1) is 105 Å². The van der Waals surface area contributed by atoms with Crippen LogP contribution in [0.3, 0.4) is 0 Å². The van der Waals surface area contributed by atoms with E-state index in [1.807, 2.05) is 114 Å². The molecule has 22 rings (SSSR count). The number of benzene rings is 5. The van der Waals surface area contributed by atoms with Crippen LogP contribution in [0, 0.1) is 17.1 Å². The number of amides is 2. The van der Waals surface area contributed by atoms with Gasteiger partial charge in [-0.3, -0.25) is 43.8 Å². The smallest absolute Gasteiger partial charge is 0.368 e. The van der Waals surface area contributed by atoms with Crippen molar-refractivity contribution in [2.24, 2.45) is 5.73 Å². The number of aromatic amines is 2. The third-order valence-electron chi connectivity index (χ3n) is 25.1. The number of H-pyrrole nitrogens is 2. The van der Waals surface area contributed by atoms with E-state index in [-0.39, 0.29) is 123 Å². The van der Waals surface area contributed by atoms with Crippen LogP contribution >= 0.6 is 58.0 Å². The minimum absolute atomic E-state index is 0.0000204. The van der Waals surface area contributed by atoms with E-state index in [0.29, 0.717) is 114 Å². The number of nitrogen functional groups attached to an aromatic ring is 3. The van der Waals surface area contributed by atoms with Crippen molar-refractivity contribution in [2.45, 2.75) is 165 Å². The van der Waals surface area contributed by atoms with Crippen molar-refractivity contribution < 1.29 is 27.2 Å². The molecule has 16 N–H and O–H groups in total. The third kappa shape index (κ3) is 20.1. The van der Waals surface area contributed by atoms with Gasteiger partial charge in [0.1, 0.15) is 64.5 Å². The predicted octanol–water partition coefficient (Wildman–Crippen LogP) is 17.8. The Morgan fingerprint density at radius 2 is 0.699 bits per heavy atom. The second-order valence-electron chi connectivity index (χ2n) is 35.2. The Morgan fingerprint density at radius 3 is 1.01 bits per heavy atom. The van der Waals surface area contributed by atoms with Gasteiger partial charge in [-0.15, -0.1) is 0 Å². The quantitative estimate of drug-likeness (QED) is 0.0280. The molecule has 143 heavy (non-hydrogen) atoms. The van der Waals surface area contributed by atoms with Crippen molar-refractivity contribution in [2.75, 3.05) is 50.8 Å². The standard InChI is InChI=1S/C21H20ClN7O2.C20H18ClN7O2.C19H17ClF3N5O.C19H17ClN6O.C18H17ClFN5O/c1-10(26-18-16-17(20(30)23-2)27-28-19(16)25-9-24-18)14-8-11-4-3-5-13(22)15(11)21(31)29(14)12-6-7-12;1-9(25-18-15-16(17(22)29)26-27-19(15)24-8-23-18)13-7-10-3-2-4-12(21)14(10)20(30)28(13)11-5-6-11;1-9(26-16-12(19(21,22)23)8-25-18(24)27-16)14-7-10-3-2-4-13(20)15(10)17(29)28(14)11-5-6-11;1-10(24-17-12(8-21)9-23-19(22)25-17)15-7-11-3-2-4-14(20)16(11)18(27)26(15)13-5-6-13;1-9(23-16-13(20)8-22-18(21)24-16)14-7-10-3-2-4-12(19)15(10)17(26)25(14)11-5-6-11/h3-5,8-10,12H,6-7H2,1-2H3,(H,23,30)(H2,24,25,26,27,28);2-4,7-9,11H,5-6H2,1H3,(H2,22,29)(H2,23,24,25,26,27);2-4,7-9,11H,5-6H2,1H3,(H3,24,25,26,27);2-4,7,9-10,13H,5-6H2,1H3,(H3,22,23,24,25);2-4,7-9,11H,5-6H2,1H3,(H3,21,22,23,24)/t10-;2*9-;10-;9-/m00000/s1. The van der Waals surface area contributed by atoms with Crippen molar-refractivity contribution in [1.82, 2.24) is 98.4 Å². The molecule has 5 aliphatic rings. The molecule has 0 spiro atoms. The lowest BCUT2D eigenvalue weighted by molar-refractivity contribution is -0.137. The zero-order valence-electron chi connectivity index (χ0n) is 76.9. The van der Waals surface area contributed by atoms with Gasteiger partial charge in [0.15, 0.2) is 22.9 Å². The molecular weight excluding hydrogens is 1950 g/mol. The van der Waals surface area contributed by atoms with E-state index in [0.717, 1.165) is 115 Å². The lowest BCUT2D eigenvalue weighted by Crippen LogP contribution is -2.27. The first-order valence-corrected chi connectivity index (χ1v) is 47.4. The van der Waals surface area contributed by atoms with Gasteiger partial charge >= 0.3 is 6.18 Å². The molecule has 12 heterocycles. The topological polar surface area (TPSA) is 530 Å². The summed E-state index contributed by atoms with van der Waals surface area (Å²) in [5, 5.41) is 50.2. The van der Waals surface area contributed by atoms with Crippen LogP contribution in [-0.2, 0) is 6.18 Å². The van der Waals surface area contributed by atoms with Gasteiger partial charge in [0, 0.05) is 71.9 Å². The number of hydrogen-bond donors (Lipinski definition) is 12. The fraction of sp³-hybridized carbons (Fsp3) is 0.278. The van der Waals surface area contributed by atoms with Gasteiger partial charge in [0.2, 0.25) is 17.8 Å². The van der Waals surface area contributed by atoms with Crippen molar-refractivity contribution in [3.63, 3.8) is 0 Å². The number of rotatable bonds is 22. The van der Waals surface area contributed by atoms with Crippen LogP contribution in [-0.4, -0.2) is 112 Å². The van der Waals surface area contributed by atoms with Gasteiger partial charge in [-0.05, 0) is 186 Å². The lowest BCUT2D eigenvalue weighted by atomic mass is 10.1. The van der Waals surface area contributed by atoms with Gasteiger partial charge < -0.3 is 77.7 Å². The first-order chi connectivity index (χ1) is 68.5. The molecule has 5 aliphatic carbocycles. The molecular formula is C97H89Cl5F4N30O7. The molecule has 0 unspecified atom stereocenters. The number of nitriles is 1. The zero-order valence-corrected chi connectivity index (χ0v) is 80.7. The molecule has 5 atom stereocenters. The second kappa shape index (κ2) is 39.9. The maximum atomic E-state index is 14.0. The number of pyridine rings is 5. The summed E-state index contributed by atoms with van der Waals surface area (Å²) in [6.07, 6.45) is 10.4. The molecule has 0 bridgehead atoms. The van der Waals surface area contributed by atoms with Crippen LogP contribution in [0.1, 0.15) is 220 Å². The van der Waals surface area contributed by atoms with Crippen LogP contribution in [0.25, 0.3) is 75.9 Å². The summed E-state index contributed by atoms with van der Waals surface area (Å²) >= 11 is 31.4. The minimum atomic E-state index is -4.65. The average molecular weight is 2040 g/mol. The number of halogens is 9. The number of primary amides is 1. The summed E-state index contributed by atoms with van der Waals surface area (Å²) in [4.78, 5) is 129. The molecule has 0 aliphatic heterocycles. The van der Waals surface area contributed by atoms with E-state index in [9.17, 15) is 56.4 Å². The minimum Gasteiger partial charge on any atom is -0.368 e. The van der Waals surface area contributed by atoms with Gasteiger partial charge in [-0.1, -0.05) is 119 Å². The molecule has 5 aromatic carbocycles. The predicted molar refractivity (Wildman–Crippen MR) is 542 cm³/mol. The number of nitrogens with one attached hydrogen (secondary N) is 8. The Labute approximate surface area is 832 Å². The Bertz CT molecular complexity index is 8360. The molecule has 17 aromatic rings. The van der Waals surface area contributed by atoms with Crippen molar-refractivity contribution in [1.29, 1.82) is 5.26 Å². The van der Waals surface area contributed by atoms with Crippen molar-refractivity contribution >= 4 is 193 Å². The highest BCUT2D eigenvalue weighted by Crippen LogP contribution is 2.45. The van der Waals surface area contributed by atoms with E-state index >= 15 is 0 Å². The fourth-order valence-corrected chi connectivity index (χ4v) is 18.9. The van der Waals surface area contributed by atoms with Crippen LogP contribution in [0.5, 0.6) is 0 Å². The molecule has 732 valence electrons. The molecule has 46 heteroatoms. The van der Waals surface area contributed by atoms with Crippen LogP contribution in [0.2, 0.25) is 25.1 Å². The summed E-state index contributed by atoms with van der Waals surface area (Å²) in [6.45, 7) is 9.33. The zero-order chi connectivity index (χ0) is 101. The number of alkyl halides is 3. The summed E-state index contributed by atoms with van der Waals surface area (Å²) in [5.74, 6) is -1.00. The van der Waals surface area contributed by atoms with Gasteiger partial charge in [-0.2, -0.15) is 43.6 Å². The van der Waals surface area contributed by atoms with Crippen LogP contribution in [0.4, 0.5) is 64.5 Å². The number of nitrogens with two attached hydrogens (primary N) is 4. The van der Waals surface area contributed by atoms with Gasteiger partial charge in [0.25, 0.3) is 39.6 Å². The van der Waals surface area contributed by atoms with E-state index in [1.54, 1.807) is 77.7 Å². The number of aromatic nitrogens is 19. The van der Waals surface area contributed by atoms with Gasteiger partial charge in [-0.25, -0.2) is 39.3 Å². The van der Waals surface area contributed by atoms with E-state index < -0.39 is 35.3 Å². The molecule has 0 radical (unpaired) electrons. The summed E-state index contributed by atoms with van der Waals surface area (Å²) in [5.41, 5.74) is 25.7. The fourth-order valence-electron chi connectivity index (χ4n) is 17.6. The summed E-state index contributed by atoms with van der Waals surface area (Å²) in [7, 11) is 1.54. The van der Waals surface area contributed by atoms with Crippen molar-refractivity contribution in [3.8, 4) is 6.07 Å². The second-order valence-corrected chi connectivity index (χ2v) is 37.3. The monoisotopic (exact) mass is 2040 g/mol. The number of hydrogen-bond acceptors (Lipinski definition) is 28. The Kier molecular flexibility index (Phi) is 27.2. The SMILES string of the molecule is CNC(=O)c1[nH]nc2ncnc(N[C@@H](C)c3cc4cccc(Cl)c4c(=O)n3C3CC3)c12.C[C@H](Nc1nc(N)ncc1C#N)c1cc2cccc(Cl)c2c(=O)n1C1CC1.C[C@H](Nc1nc(N)ncc1C(F)(F)F)c1cc2cccc(Cl)c2c(=O)n1C1CC1.C[C@H](Nc1nc(N)ncc1F)c1cc2cccc(Cl)c2c(=O)n1C1CC1.C[C@H](Nc1ncnc2n[nH]c(C(N)=O)c12)c1cc2cccc(Cl)c2c(=O)n1C1CC1. The van der Waals surface area contributed by atoms with Crippen LogP contribution in [0.15, 0.2) is 177 Å². The average Bonchev–Trinajstić information content (AvgIpc) is 1.26. The first kappa shape index (κ1) is 97.7. The Balaban J connectivity index is 0.000000118. The largest absolute Gasteiger partial charge is 0.421 e. The molecule has 0 saturated heterocycles. The first-order valence-electron chi connectivity index (χ1n) is 45.5. The third-order valence-corrected chi connectivity index (χ3v) is 26.6. The highest BCUT2D eigenvalue weighted by atomic mass is 35.5. The van der Waals surface area contributed by atoms with E-state index in [4.69, 9.17) is 80.9 Å². The van der Waals surface area contributed by atoms with Crippen molar-refractivity contribution in [3.05, 3.63) is 286 Å². The number of fused-ring (bicyclic) bond motifs is 7. The highest BCUT2D eigenvalue weighted by Gasteiger charge is 2.39. The molecule has 5 saturated carbocycles.